The van der Waals surface area contributed by atoms with Gasteiger partial charge in [-0.25, -0.2) is 14.6 Å². The fraction of sp³-hybridized carbons (Fsp3) is 0.263. The number of likely N-dealkylation sites (N-methyl/N-ethyl adjacent to an activating group) is 1. The molecule has 0 N–H and O–H groups in total. The van der Waals surface area contributed by atoms with Gasteiger partial charge in [0.25, 0.3) is 5.91 Å². The second kappa shape index (κ2) is 6.33. The van der Waals surface area contributed by atoms with E-state index in [9.17, 15) is 9.18 Å². The van der Waals surface area contributed by atoms with E-state index in [0.717, 1.165) is 23.2 Å². The number of hydrogen-bond donors (Lipinski definition) is 0. The fourth-order valence-electron chi connectivity index (χ4n) is 3.21. The Morgan fingerprint density at radius 2 is 2.04 bits per heavy atom. The number of hydrogen-bond acceptors (Lipinski definition) is 4. The first-order valence-corrected chi connectivity index (χ1v) is 8.41. The summed E-state index contributed by atoms with van der Waals surface area (Å²) in [6.45, 7) is 2.37. The number of nitrogens with zero attached hydrogens (tertiary/aromatic N) is 5. The molecule has 0 atom stereocenters. The third-order valence-corrected chi connectivity index (χ3v) is 4.64. The molecule has 0 radical (unpaired) electrons. The highest BCUT2D eigenvalue weighted by atomic mass is 19.1. The quantitative estimate of drug-likeness (QED) is 0.680. The lowest BCUT2D eigenvalue weighted by Gasteiger charge is -2.22. The normalized spacial score (nSPS) is 13.8. The molecule has 0 aliphatic carbocycles. The lowest BCUT2D eigenvalue weighted by molar-refractivity contribution is 0.0780. The lowest BCUT2D eigenvalue weighted by atomic mass is 10.1. The summed E-state index contributed by atoms with van der Waals surface area (Å²) in [4.78, 5) is 22.1. The van der Waals surface area contributed by atoms with Gasteiger partial charge in [0.05, 0.1) is 17.5 Å². The van der Waals surface area contributed by atoms with Gasteiger partial charge in [-0.15, -0.1) is 0 Å². The predicted octanol–water partition coefficient (Wildman–Crippen LogP) is 2.33. The van der Waals surface area contributed by atoms with Crippen molar-refractivity contribution in [2.24, 2.45) is 0 Å². The second-order valence-electron chi connectivity index (χ2n) is 6.54. The molecule has 1 aliphatic heterocycles. The van der Waals surface area contributed by atoms with Crippen LogP contribution < -0.4 is 0 Å². The Morgan fingerprint density at radius 1 is 1.19 bits per heavy atom. The van der Waals surface area contributed by atoms with Crippen LogP contribution in [0.25, 0.3) is 5.82 Å². The van der Waals surface area contributed by atoms with Gasteiger partial charge < -0.3 is 4.90 Å². The molecule has 6 nitrogen and oxygen atoms in total. The van der Waals surface area contributed by atoms with E-state index in [2.05, 4.69) is 15.1 Å². The Bertz CT molecular complexity index is 997. The summed E-state index contributed by atoms with van der Waals surface area (Å²) in [6, 6.07) is 5.65. The maximum absolute atomic E-state index is 13.3. The van der Waals surface area contributed by atoms with Crippen LogP contribution in [0.1, 0.15) is 32.7 Å². The van der Waals surface area contributed by atoms with Crippen molar-refractivity contribution in [1.82, 2.24) is 24.6 Å². The van der Waals surface area contributed by atoms with E-state index in [1.807, 2.05) is 12.1 Å². The SMILES string of the molecule is Cc1cc(Cc2ccnc(-n3ncc4c3CCN(C)C4=O)c2)cnc1F. The maximum atomic E-state index is 13.3. The number of halogens is 1. The number of aromatic nitrogens is 4. The van der Waals surface area contributed by atoms with Gasteiger partial charge >= 0.3 is 0 Å². The molecule has 3 aromatic rings. The van der Waals surface area contributed by atoms with Crippen LogP contribution in [-0.4, -0.2) is 44.1 Å². The van der Waals surface area contributed by atoms with E-state index < -0.39 is 5.95 Å². The van der Waals surface area contributed by atoms with Crippen LogP contribution in [0.5, 0.6) is 0 Å². The zero-order chi connectivity index (χ0) is 18.3. The number of aryl methyl sites for hydroxylation is 1. The van der Waals surface area contributed by atoms with Crippen LogP contribution in [0, 0.1) is 12.9 Å². The first kappa shape index (κ1) is 16.4. The van der Waals surface area contributed by atoms with Crippen LogP contribution in [0.3, 0.4) is 0 Å². The molecule has 7 heteroatoms. The Morgan fingerprint density at radius 3 is 2.85 bits per heavy atom. The van der Waals surface area contributed by atoms with Gasteiger partial charge in [0.15, 0.2) is 5.82 Å². The molecule has 4 heterocycles. The molecule has 26 heavy (non-hydrogen) atoms. The van der Waals surface area contributed by atoms with E-state index in [4.69, 9.17) is 0 Å². The predicted molar refractivity (Wildman–Crippen MR) is 93.8 cm³/mol. The van der Waals surface area contributed by atoms with E-state index in [-0.39, 0.29) is 5.91 Å². The smallest absolute Gasteiger partial charge is 0.257 e. The van der Waals surface area contributed by atoms with Crippen molar-refractivity contribution in [3.05, 3.63) is 70.7 Å². The number of amides is 1. The van der Waals surface area contributed by atoms with Crippen LogP contribution in [0.4, 0.5) is 4.39 Å². The topological polar surface area (TPSA) is 63.9 Å². The Kier molecular flexibility index (Phi) is 3.99. The van der Waals surface area contributed by atoms with Crippen LogP contribution in [-0.2, 0) is 12.8 Å². The summed E-state index contributed by atoms with van der Waals surface area (Å²) < 4.78 is 15.1. The molecular formula is C19H18FN5O. The average molecular weight is 351 g/mol. The maximum Gasteiger partial charge on any atom is 0.257 e. The highest BCUT2D eigenvalue weighted by Crippen LogP contribution is 2.21. The first-order chi connectivity index (χ1) is 12.5. The molecule has 4 rings (SSSR count). The van der Waals surface area contributed by atoms with Crippen LogP contribution >= 0.6 is 0 Å². The molecule has 0 saturated carbocycles. The highest BCUT2D eigenvalue weighted by molar-refractivity contribution is 5.96. The molecule has 3 aromatic heterocycles. The third-order valence-electron chi connectivity index (χ3n) is 4.64. The summed E-state index contributed by atoms with van der Waals surface area (Å²) in [7, 11) is 1.79. The molecule has 0 saturated heterocycles. The van der Waals surface area contributed by atoms with Gasteiger partial charge in [0.2, 0.25) is 5.95 Å². The minimum absolute atomic E-state index is 0.0125. The number of pyridine rings is 2. The van der Waals surface area contributed by atoms with E-state index in [1.165, 1.54) is 0 Å². The standard InChI is InChI=1S/C19H18FN5O/c1-12-7-14(10-22-18(12)20)8-13-3-5-21-17(9-13)25-16-4-6-24(2)19(26)15(16)11-23-25/h3,5,7,9-11H,4,6,8H2,1-2H3. The van der Waals surface area contributed by atoms with Crippen LogP contribution in [0.2, 0.25) is 0 Å². The van der Waals surface area contributed by atoms with Gasteiger partial charge in [-0.1, -0.05) is 0 Å². The number of fused-ring (bicyclic) bond motifs is 1. The molecule has 0 bridgehead atoms. The number of carbonyl (C=O) groups is 1. The number of rotatable bonds is 3. The van der Waals surface area contributed by atoms with Gasteiger partial charge in [-0.3, -0.25) is 4.79 Å². The van der Waals surface area contributed by atoms with Crippen molar-refractivity contribution >= 4 is 5.91 Å². The lowest BCUT2D eigenvalue weighted by Crippen LogP contribution is -2.34. The summed E-state index contributed by atoms with van der Waals surface area (Å²) >= 11 is 0. The molecule has 1 aliphatic rings. The molecule has 0 aromatic carbocycles. The van der Waals surface area contributed by atoms with Crippen molar-refractivity contribution in [2.75, 3.05) is 13.6 Å². The van der Waals surface area contributed by atoms with Crippen molar-refractivity contribution < 1.29 is 9.18 Å². The van der Waals surface area contributed by atoms with Gasteiger partial charge in [0.1, 0.15) is 0 Å². The summed E-state index contributed by atoms with van der Waals surface area (Å²) in [5.74, 6) is 0.219. The Labute approximate surface area is 150 Å². The largest absolute Gasteiger partial charge is 0.341 e. The highest BCUT2D eigenvalue weighted by Gasteiger charge is 2.26. The van der Waals surface area contributed by atoms with E-state index >= 15 is 0 Å². The van der Waals surface area contributed by atoms with Crippen molar-refractivity contribution in [3.63, 3.8) is 0 Å². The minimum atomic E-state index is -0.443. The zero-order valence-electron chi connectivity index (χ0n) is 14.6. The monoisotopic (exact) mass is 351 g/mol. The molecule has 132 valence electrons. The first-order valence-electron chi connectivity index (χ1n) is 8.41. The molecule has 0 fully saturated rings. The third kappa shape index (κ3) is 2.85. The van der Waals surface area contributed by atoms with E-state index in [1.54, 1.807) is 48.2 Å². The summed E-state index contributed by atoms with van der Waals surface area (Å²) in [6.07, 6.45) is 6.24. The van der Waals surface area contributed by atoms with Crippen molar-refractivity contribution in [2.45, 2.75) is 19.8 Å². The van der Waals surface area contributed by atoms with Crippen molar-refractivity contribution in [1.29, 1.82) is 0 Å². The Hall–Kier alpha value is -3.09. The summed E-state index contributed by atoms with van der Waals surface area (Å²) in [5.41, 5.74) is 3.99. The molecule has 0 spiro atoms. The number of carbonyl (C=O) groups excluding carboxylic acids is 1. The van der Waals surface area contributed by atoms with Crippen LogP contribution in [0.15, 0.2) is 36.8 Å². The molecule has 1 amide bonds. The van der Waals surface area contributed by atoms with Gasteiger partial charge in [-0.2, -0.15) is 9.49 Å². The fourth-order valence-corrected chi connectivity index (χ4v) is 3.21. The summed E-state index contributed by atoms with van der Waals surface area (Å²) in [5, 5.41) is 4.37. The van der Waals surface area contributed by atoms with Gasteiger partial charge in [0, 0.05) is 38.0 Å². The molecular weight excluding hydrogens is 333 g/mol. The average Bonchev–Trinajstić information content (AvgIpc) is 3.06. The van der Waals surface area contributed by atoms with Crippen molar-refractivity contribution in [3.8, 4) is 5.82 Å². The minimum Gasteiger partial charge on any atom is -0.341 e. The molecule has 0 unspecified atom stereocenters. The Balaban J connectivity index is 1.65. The second-order valence-corrected chi connectivity index (χ2v) is 6.54. The van der Waals surface area contributed by atoms with Gasteiger partial charge in [-0.05, 0) is 42.7 Å². The zero-order valence-corrected chi connectivity index (χ0v) is 14.6. The van der Waals surface area contributed by atoms with E-state index in [0.29, 0.717) is 29.9 Å².